The first-order valence-electron chi connectivity index (χ1n) is 12.1. The van der Waals surface area contributed by atoms with E-state index in [1.807, 2.05) is 12.1 Å². The van der Waals surface area contributed by atoms with Crippen LogP contribution in [0, 0.1) is 13.8 Å². The lowest BCUT2D eigenvalue weighted by molar-refractivity contribution is -0.119. The van der Waals surface area contributed by atoms with Gasteiger partial charge in [0.25, 0.3) is 0 Å². The van der Waals surface area contributed by atoms with Crippen LogP contribution in [0.2, 0.25) is 0 Å². The van der Waals surface area contributed by atoms with Crippen molar-refractivity contribution in [3.63, 3.8) is 0 Å². The molecule has 0 aliphatic carbocycles. The fourth-order valence-corrected chi connectivity index (χ4v) is 6.07. The summed E-state index contributed by atoms with van der Waals surface area (Å²) < 4.78 is 0. The summed E-state index contributed by atoms with van der Waals surface area (Å²) in [7, 11) is 0. The number of carbonyl (C=O) groups is 1. The van der Waals surface area contributed by atoms with Gasteiger partial charge in [0.1, 0.15) is 0 Å². The lowest BCUT2D eigenvalue weighted by Gasteiger charge is -2.24. The third kappa shape index (κ3) is 4.48. The number of carbonyl (C=O) groups excluding carboxylic acids is 1. The molecule has 1 atom stereocenters. The molecule has 3 aromatic carbocycles. The summed E-state index contributed by atoms with van der Waals surface area (Å²) in [6.07, 6.45) is 4.80. The highest BCUT2D eigenvalue weighted by molar-refractivity contribution is 7.99. The number of aromatic nitrogens is 2. The van der Waals surface area contributed by atoms with Crippen LogP contribution in [0.3, 0.4) is 0 Å². The number of primary amides is 1. The molecule has 2 heterocycles. The van der Waals surface area contributed by atoms with E-state index in [4.69, 9.17) is 5.73 Å². The number of fused-ring (bicyclic) bond motifs is 2. The molecule has 0 aliphatic heterocycles. The summed E-state index contributed by atoms with van der Waals surface area (Å²) in [5, 5.41) is 2.36. The maximum Gasteiger partial charge on any atom is 0.225 e. The van der Waals surface area contributed by atoms with Crippen LogP contribution >= 0.6 is 11.8 Å². The standard InChI is InChI=1S/C30H31N3OS/c1-4-35-29-8-6-5-7-22(29)24(30(31)34)15-23(25-16-32-27-13-18(2)9-11-20(25)27)26-17-33-28-14-19(3)10-12-21(26)28/h5-14,16-17,23-24,32-33H,4,15H2,1-3H3,(H2,31,34). The van der Waals surface area contributed by atoms with E-state index in [0.29, 0.717) is 6.42 Å². The van der Waals surface area contributed by atoms with Gasteiger partial charge >= 0.3 is 0 Å². The van der Waals surface area contributed by atoms with Crippen LogP contribution in [0.15, 0.2) is 78.0 Å². The van der Waals surface area contributed by atoms with E-state index in [1.165, 1.54) is 33.0 Å². The topological polar surface area (TPSA) is 74.7 Å². The zero-order valence-corrected chi connectivity index (χ0v) is 21.2. The highest BCUT2D eigenvalue weighted by Crippen LogP contribution is 2.42. The van der Waals surface area contributed by atoms with Crippen LogP contribution in [0.5, 0.6) is 0 Å². The summed E-state index contributed by atoms with van der Waals surface area (Å²) in [4.78, 5) is 21.0. The Hall–Kier alpha value is -3.44. The van der Waals surface area contributed by atoms with Gasteiger partial charge in [-0.25, -0.2) is 0 Å². The summed E-state index contributed by atoms with van der Waals surface area (Å²) in [6, 6.07) is 21.2. The van der Waals surface area contributed by atoms with Crippen molar-refractivity contribution < 1.29 is 4.79 Å². The first kappa shape index (κ1) is 23.3. The number of aryl methyl sites for hydroxylation is 2. The molecule has 35 heavy (non-hydrogen) atoms. The summed E-state index contributed by atoms with van der Waals surface area (Å²) in [6.45, 7) is 6.33. The van der Waals surface area contributed by atoms with Gasteiger partial charge in [-0.1, -0.05) is 49.4 Å². The van der Waals surface area contributed by atoms with Gasteiger partial charge < -0.3 is 15.7 Å². The number of rotatable bonds is 8. The second-order valence-corrected chi connectivity index (χ2v) is 10.6. The zero-order valence-electron chi connectivity index (χ0n) is 20.4. The van der Waals surface area contributed by atoms with Gasteiger partial charge in [0.05, 0.1) is 5.92 Å². The average molecular weight is 482 g/mol. The minimum atomic E-state index is -0.402. The Bertz CT molecular complexity index is 1430. The molecule has 1 amide bonds. The molecule has 5 heteroatoms. The van der Waals surface area contributed by atoms with E-state index >= 15 is 0 Å². The average Bonchev–Trinajstić information content (AvgIpc) is 3.44. The molecule has 5 rings (SSSR count). The normalized spacial score (nSPS) is 12.6. The van der Waals surface area contributed by atoms with Gasteiger partial charge in [-0.2, -0.15) is 0 Å². The number of hydrogen-bond acceptors (Lipinski definition) is 2. The molecule has 0 saturated heterocycles. The summed E-state index contributed by atoms with van der Waals surface area (Å²) >= 11 is 1.76. The Labute approximate surface area is 210 Å². The first-order chi connectivity index (χ1) is 17.0. The highest BCUT2D eigenvalue weighted by Gasteiger charge is 2.29. The third-order valence-electron chi connectivity index (χ3n) is 6.90. The molecule has 0 fully saturated rings. The number of nitrogens with two attached hydrogens (primary N) is 1. The number of hydrogen-bond donors (Lipinski definition) is 3. The Morgan fingerprint density at radius 1 is 0.857 bits per heavy atom. The van der Waals surface area contributed by atoms with E-state index in [0.717, 1.165) is 27.2 Å². The van der Waals surface area contributed by atoms with Crippen LogP contribution in [0.4, 0.5) is 0 Å². The lowest BCUT2D eigenvalue weighted by atomic mass is 9.80. The van der Waals surface area contributed by atoms with Gasteiger partial charge in [0.2, 0.25) is 5.91 Å². The molecule has 178 valence electrons. The number of aromatic amines is 2. The summed E-state index contributed by atoms with van der Waals surface area (Å²) in [5.41, 5.74) is 14.1. The minimum absolute atomic E-state index is 0.0138. The predicted molar refractivity (Wildman–Crippen MR) is 147 cm³/mol. The number of amides is 1. The predicted octanol–water partition coefficient (Wildman–Crippen LogP) is 7.17. The fraction of sp³-hybridized carbons (Fsp3) is 0.233. The van der Waals surface area contributed by atoms with Crippen molar-refractivity contribution >= 4 is 39.5 Å². The highest BCUT2D eigenvalue weighted by atomic mass is 32.2. The van der Waals surface area contributed by atoms with Crippen molar-refractivity contribution in [3.05, 3.63) is 101 Å². The quantitative estimate of drug-likeness (QED) is 0.206. The minimum Gasteiger partial charge on any atom is -0.369 e. The molecule has 0 saturated carbocycles. The van der Waals surface area contributed by atoms with Crippen molar-refractivity contribution in [2.75, 3.05) is 5.75 Å². The van der Waals surface area contributed by atoms with E-state index < -0.39 is 5.92 Å². The van der Waals surface area contributed by atoms with Crippen LogP contribution < -0.4 is 5.73 Å². The number of benzene rings is 3. The smallest absolute Gasteiger partial charge is 0.225 e. The Morgan fingerprint density at radius 2 is 1.43 bits per heavy atom. The maximum absolute atomic E-state index is 12.9. The second kappa shape index (κ2) is 9.67. The number of H-pyrrole nitrogens is 2. The Morgan fingerprint density at radius 3 is 1.97 bits per heavy atom. The second-order valence-electron chi connectivity index (χ2n) is 9.30. The SMILES string of the molecule is CCSc1ccccc1C(CC(c1c[nH]c2cc(C)ccc12)c1c[nH]c2cc(C)ccc12)C(N)=O. The maximum atomic E-state index is 12.9. The molecule has 4 N–H and O–H groups in total. The largest absolute Gasteiger partial charge is 0.369 e. The number of thioether (sulfide) groups is 1. The van der Waals surface area contributed by atoms with Crippen molar-refractivity contribution in [2.45, 2.75) is 43.9 Å². The van der Waals surface area contributed by atoms with Crippen molar-refractivity contribution in [1.82, 2.24) is 9.97 Å². The monoisotopic (exact) mass is 481 g/mol. The number of nitrogens with one attached hydrogen (secondary N) is 2. The molecule has 0 bridgehead atoms. The third-order valence-corrected chi connectivity index (χ3v) is 7.87. The Balaban J connectivity index is 1.68. The molecule has 5 aromatic rings. The van der Waals surface area contributed by atoms with E-state index in [1.54, 1.807) is 11.8 Å². The van der Waals surface area contributed by atoms with Crippen molar-refractivity contribution in [3.8, 4) is 0 Å². The molecule has 1 unspecified atom stereocenters. The van der Waals surface area contributed by atoms with Gasteiger partial charge in [0.15, 0.2) is 0 Å². The van der Waals surface area contributed by atoms with Crippen molar-refractivity contribution in [1.29, 1.82) is 0 Å². The van der Waals surface area contributed by atoms with E-state index in [9.17, 15) is 4.79 Å². The molecule has 0 radical (unpaired) electrons. The molecular formula is C30H31N3OS. The van der Waals surface area contributed by atoms with Crippen LogP contribution in [0.25, 0.3) is 21.8 Å². The first-order valence-corrected chi connectivity index (χ1v) is 13.1. The van der Waals surface area contributed by atoms with Crippen LogP contribution in [0.1, 0.15) is 53.0 Å². The molecular weight excluding hydrogens is 450 g/mol. The molecule has 0 aliphatic rings. The zero-order chi connectivity index (χ0) is 24.5. The molecule has 0 spiro atoms. The van der Waals surface area contributed by atoms with Crippen LogP contribution in [-0.4, -0.2) is 21.6 Å². The Kier molecular flexibility index (Phi) is 6.44. The van der Waals surface area contributed by atoms with E-state index in [-0.39, 0.29) is 11.8 Å². The molecule has 2 aromatic heterocycles. The molecule has 4 nitrogen and oxygen atoms in total. The van der Waals surface area contributed by atoms with Gasteiger partial charge in [-0.3, -0.25) is 4.79 Å². The summed E-state index contributed by atoms with van der Waals surface area (Å²) in [5.74, 6) is 0.238. The van der Waals surface area contributed by atoms with E-state index in [2.05, 4.69) is 91.7 Å². The fourth-order valence-electron chi connectivity index (χ4n) is 5.21. The van der Waals surface area contributed by atoms with Crippen LogP contribution in [-0.2, 0) is 4.79 Å². The van der Waals surface area contributed by atoms with Gasteiger partial charge in [-0.05, 0) is 72.0 Å². The van der Waals surface area contributed by atoms with Crippen molar-refractivity contribution in [2.24, 2.45) is 5.73 Å². The van der Waals surface area contributed by atoms with Gasteiger partial charge in [0, 0.05) is 45.0 Å². The van der Waals surface area contributed by atoms with Gasteiger partial charge in [-0.15, -0.1) is 11.8 Å². The lowest BCUT2D eigenvalue weighted by Crippen LogP contribution is -2.24.